The highest BCUT2D eigenvalue weighted by molar-refractivity contribution is 5.97. The SMILES string of the molecule is CCN(CC)CNC(=O)c1ccc2n[nH]nc2c1. The number of benzene rings is 1. The minimum absolute atomic E-state index is 0.0909. The Morgan fingerprint density at radius 1 is 1.28 bits per heavy atom. The molecule has 0 atom stereocenters. The number of rotatable bonds is 5. The largest absolute Gasteiger partial charge is 0.339 e. The van der Waals surface area contributed by atoms with E-state index in [0.717, 1.165) is 18.6 Å². The number of fused-ring (bicyclic) bond motifs is 1. The standard InChI is InChI=1S/C12H17N5O/c1-3-17(4-2)8-13-12(18)9-5-6-10-11(7-9)15-16-14-10/h5-7H,3-4,8H2,1-2H3,(H,13,18)(H,14,15,16). The zero-order valence-electron chi connectivity index (χ0n) is 10.6. The summed E-state index contributed by atoms with van der Waals surface area (Å²) in [6, 6.07) is 5.27. The first kappa shape index (κ1) is 12.5. The van der Waals surface area contributed by atoms with E-state index < -0.39 is 0 Å². The van der Waals surface area contributed by atoms with Crippen LogP contribution in [-0.2, 0) is 0 Å². The summed E-state index contributed by atoms with van der Waals surface area (Å²) < 4.78 is 0. The second kappa shape index (κ2) is 5.59. The monoisotopic (exact) mass is 247 g/mol. The lowest BCUT2D eigenvalue weighted by Gasteiger charge is -2.18. The average Bonchev–Trinajstić information content (AvgIpc) is 2.86. The molecule has 0 saturated carbocycles. The number of nitrogens with zero attached hydrogens (tertiary/aromatic N) is 3. The Morgan fingerprint density at radius 2 is 2.00 bits per heavy atom. The first-order valence-corrected chi connectivity index (χ1v) is 6.05. The second-order valence-corrected chi connectivity index (χ2v) is 3.99. The number of H-pyrrole nitrogens is 1. The van der Waals surface area contributed by atoms with Crippen LogP contribution in [-0.4, -0.2) is 46.0 Å². The number of hydrogen-bond acceptors (Lipinski definition) is 4. The molecule has 0 bridgehead atoms. The molecule has 6 heteroatoms. The molecule has 96 valence electrons. The smallest absolute Gasteiger partial charge is 0.252 e. The normalized spacial score (nSPS) is 11.1. The van der Waals surface area contributed by atoms with Crippen LogP contribution in [0.25, 0.3) is 11.0 Å². The van der Waals surface area contributed by atoms with Crippen LogP contribution in [0.4, 0.5) is 0 Å². The molecule has 0 aliphatic rings. The van der Waals surface area contributed by atoms with Crippen LogP contribution in [0.3, 0.4) is 0 Å². The molecule has 1 heterocycles. The number of nitrogens with one attached hydrogen (secondary N) is 2. The van der Waals surface area contributed by atoms with E-state index in [1.54, 1.807) is 18.2 Å². The Morgan fingerprint density at radius 3 is 2.72 bits per heavy atom. The van der Waals surface area contributed by atoms with Crippen LogP contribution in [0.5, 0.6) is 0 Å². The van der Waals surface area contributed by atoms with Crippen molar-refractivity contribution in [1.29, 1.82) is 0 Å². The molecule has 18 heavy (non-hydrogen) atoms. The molecule has 6 nitrogen and oxygen atoms in total. The fraction of sp³-hybridized carbons (Fsp3) is 0.417. The highest BCUT2D eigenvalue weighted by Crippen LogP contribution is 2.10. The Labute approximate surface area is 105 Å². The Kier molecular flexibility index (Phi) is 3.88. The maximum atomic E-state index is 12.0. The lowest BCUT2D eigenvalue weighted by atomic mass is 10.2. The molecule has 0 fully saturated rings. The van der Waals surface area contributed by atoms with Crippen LogP contribution in [0.2, 0.25) is 0 Å². The molecule has 0 saturated heterocycles. The van der Waals surface area contributed by atoms with Gasteiger partial charge in [-0.1, -0.05) is 13.8 Å². The van der Waals surface area contributed by atoms with Gasteiger partial charge in [0, 0.05) is 5.56 Å². The van der Waals surface area contributed by atoms with Crippen molar-refractivity contribution in [3.8, 4) is 0 Å². The molecule has 0 aliphatic heterocycles. The lowest BCUT2D eigenvalue weighted by molar-refractivity contribution is 0.0926. The predicted molar refractivity (Wildman–Crippen MR) is 69.1 cm³/mol. The highest BCUT2D eigenvalue weighted by Gasteiger charge is 2.08. The second-order valence-electron chi connectivity index (χ2n) is 3.99. The molecule has 0 unspecified atom stereocenters. The molecule has 2 N–H and O–H groups in total. The van der Waals surface area contributed by atoms with E-state index in [1.165, 1.54) is 0 Å². The molecular formula is C12H17N5O. The first-order chi connectivity index (χ1) is 8.74. The van der Waals surface area contributed by atoms with Crippen LogP contribution >= 0.6 is 0 Å². The summed E-state index contributed by atoms with van der Waals surface area (Å²) in [6.07, 6.45) is 0. The van der Waals surface area contributed by atoms with Crippen molar-refractivity contribution in [2.75, 3.05) is 19.8 Å². The zero-order chi connectivity index (χ0) is 13.0. The van der Waals surface area contributed by atoms with E-state index in [0.29, 0.717) is 17.7 Å². The quantitative estimate of drug-likeness (QED) is 0.773. The van der Waals surface area contributed by atoms with Crippen LogP contribution in [0.1, 0.15) is 24.2 Å². The molecular weight excluding hydrogens is 230 g/mol. The summed E-state index contributed by atoms with van der Waals surface area (Å²) in [6.45, 7) is 6.52. The van der Waals surface area contributed by atoms with Gasteiger partial charge in [0.15, 0.2) is 0 Å². The molecule has 0 spiro atoms. The van der Waals surface area contributed by atoms with Gasteiger partial charge in [-0.25, -0.2) is 0 Å². The summed E-state index contributed by atoms with van der Waals surface area (Å²) in [7, 11) is 0. The number of hydrogen-bond donors (Lipinski definition) is 2. The van der Waals surface area contributed by atoms with Crippen LogP contribution in [0, 0.1) is 0 Å². The maximum Gasteiger partial charge on any atom is 0.252 e. The summed E-state index contributed by atoms with van der Waals surface area (Å²) in [4.78, 5) is 14.1. The van der Waals surface area contributed by atoms with Gasteiger partial charge in [-0.3, -0.25) is 9.69 Å². The van der Waals surface area contributed by atoms with E-state index in [1.807, 2.05) is 0 Å². The van der Waals surface area contributed by atoms with Gasteiger partial charge in [0.05, 0.1) is 6.67 Å². The molecule has 2 aromatic rings. The van der Waals surface area contributed by atoms with Crippen molar-refractivity contribution in [1.82, 2.24) is 25.6 Å². The van der Waals surface area contributed by atoms with Gasteiger partial charge in [-0.15, -0.1) is 0 Å². The van der Waals surface area contributed by atoms with E-state index in [9.17, 15) is 4.79 Å². The molecule has 2 rings (SSSR count). The molecule has 1 aromatic heterocycles. The Balaban J connectivity index is 2.04. The molecule has 1 aromatic carbocycles. The van der Waals surface area contributed by atoms with Crippen LogP contribution in [0.15, 0.2) is 18.2 Å². The van der Waals surface area contributed by atoms with Crippen molar-refractivity contribution in [3.05, 3.63) is 23.8 Å². The number of carbonyl (C=O) groups is 1. The van der Waals surface area contributed by atoms with Gasteiger partial charge in [0.1, 0.15) is 11.0 Å². The summed E-state index contributed by atoms with van der Waals surface area (Å²) in [5, 5.41) is 13.3. The summed E-state index contributed by atoms with van der Waals surface area (Å²) >= 11 is 0. The van der Waals surface area contributed by atoms with Gasteiger partial charge < -0.3 is 5.32 Å². The molecule has 1 amide bonds. The Bertz CT molecular complexity index is 532. The van der Waals surface area contributed by atoms with Crippen molar-refractivity contribution in [2.24, 2.45) is 0 Å². The van der Waals surface area contributed by atoms with Crippen molar-refractivity contribution in [2.45, 2.75) is 13.8 Å². The number of carbonyl (C=O) groups excluding carboxylic acids is 1. The van der Waals surface area contributed by atoms with Crippen LogP contribution < -0.4 is 5.32 Å². The highest BCUT2D eigenvalue weighted by atomic mass is 16.1. The minimum atomic E-state index is -0.0909. The lowest BCUT2D eigenvalue weighted by Crippen LogP contribution is -2.37. The van der Waals surface area contributed by atoms with Crippen molar-refractivity contribution in [3.63, 3.8) is 0 Å². The summed E-state index contributed by atoms with van der Waals surface area (Å²) in [5.74, 6) is -0.0909. The number of amides is 1. The van der Waals surface area contributed by atoms with Gasteiger partial charge in [-0.2, -0.15) is 15.4 Å². The maximum absolute atomic E-state index is 12.0. The van der Waals surface area contributed by atoms with E-state index in [-0.39, 0.29) is 5.91 Å². The zero-order valence-corrected chi connectivity index (χ0v) is 10.6. The topological polar surface area (TPSA) is 73.9 Å². The minimum Gasteiger partial charge on any atom is -0.339 e. The van der Waals surface area contributed by atoms with Gasteiger partial charge in [0.25, 0.3) is 5.91 Å². The van der Waals surface area contributed by atoms with Gasteiger partial charge in [0.2, 0.25) is 0 Å². The average molecular weight is 247 g/mol. The number of aromatic nitrogens is 3. The predicted octanol–water partition coefficient (Wildman–Crippen LogP) is 0.987. The van der Waals surface area contributed by atoms with Crippen molar-refractivity contribution < 1.29 is 4.79 Å². The molecule has 0 aliphatic carbocycles. The Hall–Kier alpha value is -1.95. The first-order valence-electron chi connectivity index (χ1n) is 6.05. The van der Waals surface area contributed by atoms with Gasteiger partial charge >= 0.3 is 0 Å². The van der Waals surface area contributed by atoms with Crippen molar-refractivity contribution >= 4 is 16.9 Å². The van der Waals surface area contributed by atoms with Gasteiger partial charge in [-0.05, 0) is 31.3 Å². The third-order valence-corrected chi connectivity index (χ3v) is 2.94. The fourth-order valence-electron chi connectivity index (χ4n) is 1.71. The molecule has 0 radical (unpaired) electrons. The third kappa shape index (κ3) is 2.65. The van der Waals surface area contributed by atoms with E-state index >= 15 is 0 Å². The third-order valence-electron chi connectivity index (χ3n) is 2.94. The summed E-state index contributed by atoms with van der Waals surface area (Å²) in [5.41, 5.74) is 2.06. The van der Waals surface area contributed by atoms with E-state index in [2.05, 4.69) is 39.5 Å². The fourth-order valence-corrected chi connectivity index (χ4v) is 1.71. The van der Waals surface area contributed by atoms with E-state index in [4.69, 9.17) is 0 Å². The number of aromatic amines is 1.